The van der Waals surface area contributed by atoms with Gasteiger partial charge >= 0.3 is 0 Å². The summed E-state index contributed by atoms with van der Waals surface area (Å²) in [6.07, 6.45) is 2.55. The molecule has 0 aliphatic rings. The fourth-order valence-corrected chi connectivity index (χ4v) is 2.89. The Morgan fingerprint density at radius 2 is 1.77 bits per heavy atom. The van der Waals surface area contributed by atoms with Crippen molar-refractivity contribution in [3.05, 3.63) is 72.2 Å². The molecule has 1 atom stereocenters. The van der Waals surface area contributed by atoms with Gasteiger partial charge < -0.3 is 10.6 Å². The number of nitrogens with zero attached hydrogens (tertiary/aromatic N) is 2. The van der Waals surface area contributed by atoms with Crippen LogP contribution in [0.4, 0.5) is 4.39 Å². The van der Waals surface area contributed by atoms with Crippen LogP contribution >= 0.6 is 0 Å². The van der Waals surface area contributed by atoms with Gasteiger partial charge in [0.05, 0.1) is 17.9 Å². The molecule has 0 aliphatic carbocycles. The van der Waals surface area contributed by atoms with Crippen LogP contribution in [0.15, 0.2) is 60.8 Å². The van der Waals surface area contributed by atoms with Gasteiger partial charge in [-0.1, -0.05) is 32.0 Å². The monoisotopic (exact) mass is 408 g/mol. The zero-order valence-corrected chi connectivity index (χ0v) is 17.1. The molecule has 0 spiro atoms. The summed E-state index contributed by atoms with van der Waals surface area (Å²) in [6.45, 7) is 3.89. The topological polar surface area (TPSA) is 76.0 Å². The van der Waals surface area contributed by atoms with Crippen molar-refractivity contribution >= 4 is 11.8 Å². The van der Waals surface area contributed by atoms with Gasteiger partial charge in [0.15, 0.2) is 0 Å². The zero-order chi connectivity index (χ0) is 21.5. The Balaban J connectivity index is 1.75. The van der Waals surface area contributed by atoms with Crippen molar-refractivity contribution < 1.29 is 14.0 Å². The van der Waals surface area contributed by atoms with Crippen molar-refractivity contribution in [3.8, 4) is 16.9 Å². The summed E-state index contributed by atoms with van der Waals surface area (Å²) in [5.74, 6) is -0.888. The normalized spacial score (nSPS) is 11.7. The number of hydrogen-bond donors (Lipinski definition) is 2. The number of benzene rings is 2. The van der Waals surface area contributed by atoms with Gasteiger partial charge in [0.2, 0.25) is 11.8 Å². The summed E-state index contributed by atoms with van der Waals surface area (Å²) in [5, 5.41) is 10.1. The maximum Gasteiger partial charge on any atom is 0.239 e. The number of carbonyl (C=O) groups excluding carboxylic acids is 2. The number of rotatable bonds is 8. The largest absolute Gasteiger partial charge is 0.350 e. The second-order valence-corrected chi connectivity index (χ2v) is 7.09. The fourth-order valence-electron chi connectivity index (χ4n) is 2.89. The minimum Gasteiger partial charge on any atom is -0.350 e. The van der Waals surface area contributed by atoms with E-state index in [-0.39, 0.29) is 36.6 Å². The highest BCUT2D eigenvalue weighted by Crippen LogP contribution is 2.24. The molecule has 0 fully saturated rings. The first kappa shape index (κ1) is 21.2. The van der Waals surface area contributed by atoms with Gasteiger partial charge in [0, 0.05) is 29.8 Å². The fraction of sp³-hybridized carbons (Fsp3) is 0.261. The standard InChI is InChI=1S/C23H25FN4O2/c1-3-16(2)23(30)26-14-21(29)25-13-18-15-28(20-7-5-4-6-8-20)27-22(18)17-9-11-19(24)12-10-17/h4-12,15-16H,3,13-14H2,1-2H3,(H,25,29)(H,26,30). The molecule has 2 aromatic carbocycles. The van der Waals surface area contributed by atoms with Crippen LogP contribution < -0.4 is 10.6 Å². The minimum absolute atomic E-state index is 0.0815. The Labute approximate surface area is 175 Å². The molecule has 0 aliphatic heterocycles. The van der Waals surface area contributed by atoms with E-state index < -0.39 is 0 Å². The number of hydrogen-bond acceptors (Lipinski definition) is 3. The van der Waals surface area contributed by atoms with Crippen molar-refractivity contribution in [1.82, 2.24) is 20.4 Å². The second kappa shape index (κ2) is 9.82. The zero-order valence-electron chi connectivity index (χ0n) is 17.1. The van der Waals surface area contributed by atoms with Gasteiger partial charge in [-0.3, -0.25) is 9.59 Å². The number of nitrogens with one attached hydrogen (secondary N) is 2. The first-order valence-electron chi connectivity index (χ1n) is 9.92. The molecule has 30 heavy (non-hydrogen) atoms. The van der Waals surface area contributed by atoms with Crippen molar-refractivity contribution in [2.75, 3.05) is 6.54 Å². The molecule has 0 radical (unpaired) electrons. The average molecular weight is 408 g/mol. The van der Waals surface area contributed by atoms with E-state index in [1.165, 1.54) is 12.1 Å². The van der Waals surface area contributed by atoms with Crippen LogP contribution in [0.1, 0.15) is 25.8 Å². The molecule has 0 saturated heterocycles. The lowest BCUT2D eigenvalue weighted by molar-refractivity contribution is -0.128. The number of aromatic nitrogens is 2. The van der Waals surface area contributed by atoms with E-state index in [2.05, 4.69) is 15.7 Å². The highest BCUT2D eigenvalue weighted by Gasteiger charge is 2.15. The summed E-state index contributed by atoms with van der Waals surface area (Å²) >= 11 is 0. The van der Waals surface area contributed by atoms with Crippen LogP contribution in [-0.2, 0) is 16.1 Å². The molecule has 0 saturated carbocycles. The molecule has 2 amide bonds. The molecule has 0 bridgehead atoms. The first-order chi connectivity index (χ1) is 14.5. The van der Waals surface area contributed by atoms with E-state index in [1.807, 2.05) is 50.4 Å². The molecule has 7 heteroatoms. The Kier molecular flexibility index (Phi) is 6.95. The number of halogens is 1. The average Bonchev–Trinajstić information content (AvgIpc) is 3.20. The third kappa shape index (κ3) is 5.31. The summed E-state index contributed by atoms with van der Waals surface area (Å²) in [5.41, 5.74) is 3.06. The molecular weight excluding hydrogens is 383 g/mol. The van der Waals surface area contributed by atoms with Crippen LogP contribution in [0.3, 0.4) is 0 Å². The van der Waals surface area contributed by atoms with Crippen molar-refractivity contribution in [2.45, 2.75) is 26.8 Å². The molecule has 3 rings (SSSR count). The third-order valence-electron chi connectivity index (χ3n) is 4.89. The lowest BCUT2D eigenvalue weighted by atomic mass is 10.1. The number of para-hydroxylation sites is 1. The molecule has 1 unspecified atom stereocenters. The van der Waals surface area contributed by atoms with Crippen LogP contribution in [-0.4, -0.2) is 28.1 Å². The lowest BCUT2D eigenvalue weighted by Gasteiger charge is -2.10. The van der Waals surface area contributed by atoms with Crippen molar-refractivity contribution in [1.29, 1.82) is 0 Å². The van der Waals surface area contributed by atoms with E-state index >= 15 is 0 Å². The van der Waals surface area contributed by atoms with Crippen LogP contribution in [0.5, 0.6) is 0 Å². The highest BCUT2D eigenvalue weighted by atomic mass is 19.1. The molecule has 1 aromatic heterocycles. The molecule has 3 aromatic rings. The predicted molar refractivity (Wildman–Crippen MR) is 113 cm³/mol. The van der Waals surface area contributed by atoms with Gasteiger partial charge in [-0.15, -0.1) is 0 Å². The Hall–Kier alpha value is -3.48. The molecule has 2 N–H and O–H groups in total. The number of amides is 2. The molecule has 1 heterocycles. The van der Waals surface area contributed by atoms with Crippen molar-refractivity contribution in [2.24, 2.45) is 5.92 Å². The molecular formula is C23H25FN4O2. The van der Waals surface area contributed by atoms with E-state index in [0.29, 0.717) is 12.1 Å². The van der Waals surface area contributed by atoms with Gasteiger partial charge in [-0.25, -0.2) is 9.07 Å². The molecule has 6 nitrogen and oxygen atoms in total. The quantitative estimate of drug-likeness (QED) is 0.599. The van der Waals surface area contributed by atoms with E-state index in [9.17, 15) is 14.0 Å². The number of carbonyl (C=O) groups is 2. The summed E-state index contributed by atoms with van der Waals surface area (Å²) in [7, 11) is 0. The lowest BCUT2D eigenvalue weighted by Crippen LogP contribution is -2.38. The van der Waals surface area contributed by atoms with E-state index in [0.717, 1.165) is 16.8 Å². The summed E-state index contributed by atoms with van der Waals surface area (Å²) < 4.78 is 15.1. The molecule has 156 valence electrons. The van der Waals surface area contributed by atoms with Gasteiger partial charge in [0.25, 0.3) is 0 Å². The van der Waals surface area contributed by atoms with Gasteiger partial charge in [0.1, 0.15) is 5.82 Å². The van der Waals surface area contributed by atoms with Gasteiger partial charge in [-0.2, -0.15) is 5.10 Å². The third-order valence-corrected chi connectivity index (χ3v) is 4.89. The van der Waals surface area contributed by atoms with Crippen LogP contribution in [0.25, 0.3) is 16.9 Å². The summed E-state index contributed by atoms with van der Waals surface area (Å²) in [6, 6.07) is 15.7. The predicted octanol–water partition coefficient (Wildman–Crippen LogP) is 3.46. The van der Waals surface area contributed by atoms with E-state index in [4.69, 9.17) is 0 Å². The Bertz CT molecular complexity index is 1000. The Morgan fingerprint density at radius 1 is 1.07 bits per heavy atom. The van der Waals surface area contributed by atoms with Crippen LogP contribution in [0, 0.1) is 11.7 Å². The second-order valence-electron chi connectivity index (χ2n) is 7.09. The Morgan fingerprint density at radius 3 is 2.43 bits per heavy atom. The SMILES string of the molecule is CCC(C)C(=O)NCC(=O)NCc1cn(-c2ccccc2)nc1-c1ccc(F)cc1. The highest BCUT2D eigenvalue weighted by molar-refractivity contribution is 5.85. The van der Waals surface area contributed by atoms with Crippen LogP contribution in [0.2, 0.25) is 0 Å². The van der Waals surface area contributed by atoms with E-state index in [1.54, 1.807) is 16.8 Å². The smallest absolute Gasteiger partial charge is 0.239 e. The van der Waals surface area contributed by atoms with Crippen molar-refractivity contribution in [3.63, 3.8) is 0 Å². The van der Waals surface area contributed by atoms with Gasteiger partial charge in [-0.05, 0) is 42.8 Å². The maximum atomic E-state index is 13.3. The first-order valence-corrected chi connectivity index (χ1v) is 9.92. The maximum absolute atomic E-state index is 13.3. The summed E-state index contributed by atoms with van der Waals surface area (Å²) in [4.78, 5) is 24.0. The minimum atomic E-state index is -0.326.